The van der Waals surface area contributed by atoms with Gasteiger partial charge in [-0.15, -0.1) is 0 Å². The van der Waals surface area contributed by atoms with Crippen molar-refractivity contribution in [3.63, 3.8) is 0 Å². The third-order valence-electron chi connectivity index (χ3n) is 5.24. The smallest absolute Gasteiger partial charge is 0.422 e. The first kappa shape index (κ1) is 23.4. The molecule has 170 valence electrons. The molecule has 0 unspecified atom stereocenters. The molecule has 6 nitrogen and oxygen atoms in total. The molecule has 3 rings (SSSR count). The Balaban J connectivity index is 1.55. The van der Waals surface area contributed by atoms with Gasteiger partial charge >= 0.3 is 6.18 Å². The highest BCUT2D eigenvalue weighted by atomic mass is 19.4. The van der Waals surface area contributed by atoms with Gasteiger partial charge in [-0.25, -0.2) is 0 Å². The van der Waals surface area contributed by atoms with Crippen LogP contribution in [0.25, 0.3) is 0 Å². The summed E-state index contributed by atoms with van der Waals surface area (Å²) < 4.78 is 47.5. The van der Waals surface area contributed by atoms with Crippen molar-refractivity contribution in [1.82, 2.24) is 10.2 Å². The van der Waals surface area contributed by atoms with Crippen molar-refractivity contribution in [2.75, 3.05) is 26.7 Å². The van der Waals surface area contributed by atoms with Crippen LogP contribution in [0.1, 0.15) is 22.3 Å². The third kappa shape index (κ3) is 6.14. The maximum absolute atomic E-state index is 12.3. The summed E-state index contributed by atoms with van der Waals surface area (Å²) in [5.41, 5.74) is 2.86. The molecule has 1 aliphatic rings. The van der Waals surface area contributed by atoms with Crippen molar-refractivity contribution >= 4 is 5.91 Å². The second kappa shape index (κ2) is 9.92. The molecular weight excluding hydrogens is 423 g/mol. The first-order valence-corrected chi connectivity index (χ1v) is 10.1. The van der Waals surface area contributed by atoms with E-state index >= 15 is 0 Å². The van der Waals surface area contributed by atoms with Gasteiger partial charge in [-0.05, 0) is 47.9 Å². The second-order valence-corrected chi connectivity index (χ2v) is 7.73. The van der Waals surface area contributed by atoms with Crippen molar-refractivity contribution in [1.29, 1.82) is 5.26 Å². The molecular formula is C23H24F3N3O3. The Hall–Kier alpha value is -3.25. The average Bonchev–Trinajstić information content (AvgIpc) is 2.73. The van der Waals surface area contributed by atoms with E-state index in [-0.39, 0.29) is 29.7 Å². The zero-order valence-corrected chi connectivity index (χ0v) is 17.8. The molecule has 2 aromatic rings. The maximum Gasteiger partial charge on any atom is 0.422 e. The van der Waals surface area contributed by atoms with Crippen molar-refractivity contribution < 1.29 is 27.4 Å². The highest BCUT2D eigenvalue weighted by Crippen LogP contribution is 2.26. The van der Waals surface area contributed by atoms with Crippen LogP contribution in [0.5, 0.6) is 11.5 Å². The van der Waals surface area contributed by atoms with E-state index in [9.17, 15) is 23.2 Å². The number of rotatable bonds is 8. The lowest BCUT2D eigenvalue weighted by Crippen LogP contribution is -2.52. The maximum atomic E-state index is 12.3. The van der Waals surface area contributed by atoms with E-state index in [1.165, 1.54) is 12.1 Å². The summed E-state index contributed by atoms with van der Waals surface area (Å²) in [6, 6.07) is 12.0. The Morgan fingerprint density at radius 1 is 1.22 bits per heavy atom. The minimum absolute atomic E-state index is 0.0199. The molecule has 1 N–H and O–H groups in total. The molecule has 0 spiro atoms. The van der Waals surface area contributed by atoms with Crippen LogP contribution in [-0.4, -0.2) is 43.7 Å². The molecule has 0 saturated carbocycles. The summed E-state index contributed by atoms with van der Waals surface area (Å²) in [5, 5.41) is 11.9. The predicted molar refractivity (Wildman–Crippen MR) is 111 cm³/mol. The fourth-order valence-corrected chi connectivity index (χ4v) is 3.45. The third-order valence-corrected chi connectivity index (χ3v) is 5.24. The fourth-order valence-electron chi connectivity index (χ4n) is 3.45. The second-order valence-electron chi connectivity index (χ2n) is 7.73. The van der Waals surface area contributed by atoms with Gasteiger partial charge in [-0.2, -0.15) is 18.4 Å². The van der Waals surface area contributed by atoms with E-state index in [1.54, 1.807) is 13.1 Å². The summed E-state index contributed by atoms with van der Waals surface area (Å²) in [4.78, 5) is 13.8. The molecule has 0 aromatic heterocycles. The molecule has 1 aliphatic heterocycles. The van der Waals surface area contributed by atoms with Crippen LogP contribution in [-0.2, 0) is 17.9 Å². The molecule has 0 aliphatic carbocycles. The van der Waals surface area contributed by atoms with Crippen molar-refractivity contribution in [2.45, 2.75) is 26.3 Å². The molecule has 0 radical (unpaired) electrons. The highest BCUT2D eigenvalue weighted by molar-refractivity contribution is 5.79. The Kier molecular flexibility index (Phi) is 7.26. The monoisotopic (exact) mass is 447 g/mol. The van der Waals surface area contributed by atoms with E-state index < -0.39 is 12.8 Å². The Bertz CT molecular complexity index is 1010. The number of nitrogens with zero attached hydrogens (tertiary/aromatic N) is 2. The Morgan fingerprint density at radius 3 is 2.59 bits per heavy atom. The van der Waals surface area contributed by atoms with E-state index in [1.807, 2.05) is 31.2 Å². The number of likely N-dealkylation sites (tertiary alicyclic amines) is 1. The molecule has 0 atom stereocenters. The Morgan fingerprint density at radius 2 is 1.97 bits per heavy atom. The van der Waals surface area contributed by atoms with Crippen LogP contribution < -0.4 is 14.8 Å². The minimum Gasteiger partial charge on any atom is -0.489 e. The van der Waals surface area contributed by atoms with Gasteiger partial charge in [0.1, 0.15) is 24.2 Å². The molecule has 1 saturated heterocycles. The standard InChI is InChI=1S/C23H24F3N3O3/c1-15-7-20(5-4-17(15)10-29-11-19(12-29)22(30)28-2)31-13-16-3-6-21(18(8-16)9-27)32-14-23(24,25)26/h3-8,19H,10-14H2,1-2H3,(H,28,30). The number of nitrogens with one attached hydrogen (secondary N) is 1. The number of carbonyl (C=O) groups excluding carboxylic acids is 1. The van der Waals surface area contributed by atoms with E-state index in [2.05, 4.69) is 10.2 Å². The number of amides is 1. The van der Waals surface area contributed by atoms with Crippen molar-refractivity contribution in [2.24, 2.45) is 5.92 Å². The van der Waals surface area contributed by atoms with Crippen LogP contribution in [0.15, 0.2) is 36.4 Å². The topological polar surface area (TPSA) is 74.6 Å². The van der Waals surface area contributed by atoms with Crippen LogP contribution in [0.4, 0.5) is 13.2 Å². The van der Waals surface area contributed by atoms with Gasteiger partial charge in [0.2, 0.25) is 5.91 Å². The number of nitriles is 1. The van der Waals surface area contributed by atoms with Gasteiger partial charge in [-0.3, -0.25) is 9.69 Å². The molecule has 32 heavy (non-hydrogen) atoms. The van der Waals surface area contributed by atoms with Crippen LogP contribution in [0.2, 0.25) is 0 Å². The van der Waals surface area contributed by atoms with E-state index in [0.29, 0.717) is 11.3 Å². The largest absolute Gasteiger partial charge is 0.489 e. The number of hydrogen-bond donors (Lipinski definition) is 1. The number of alkyl halides is 3. The van der Waals surface area contributed by atoms with Gasteiger partial charge in [0.25, 0.3) is 0 Å². The molecule has 1 amide bonds. The molecule has 1 heterocycles. The molecule has 9 heteroatoms. The zero-order chi connectivity index (χ0) is 23.3. The van der Waals surface area contributed by atoms with Crippen LogP contribution >= 0.6 is 0 Å². The van der Waals surface area contributed by atoms with Crippen molar-refractivity contribution in [3.05, 3.63) is 58.7 Å². The summed E-state index contributed by atoms with van der Waals surface area (Å²) in [6.07, 6.45) is -4.47. The average molecular weight is 447 g/mol. The van der Waals surface area contributed by atoms with Gasteiger partial charge in [-0.1, -0.05) is 12.1 Å². The quantitative estimate of drug-likeness (QED) is 0.670. The van der Waals surface area contributed by atoms with Gasteiger partial charge in [0.15, 0.2) is 6.61 Å². The van der Waals surface area contributed by atoms with Crippen LogP contribution in [0, 0.1) is 24.2 Å². The number of halogens is 3. The minimum atomic E-state index is -4.47. The lowest BCUT2D eigenvalue weighted by molar-refractivity contribution is -0.153. The first-order valence-electron chi connectivity index (χ1n) is 10.1. The normalized spacial score (nSPS) is 14.4. The summed E-state index contributed by atoms with van der Waals surface area (Å²) in [5.74, 6) is 0.653. The number of carbonyl (C=O) groups is 1. The predicted octanol–water partition coefficient (Wildman–Crippen LogP) is 3.56. The van der Waals surface area contributed by atoms with E-state index in [0.717, 1.165) is 30.8 Å². The van der Waals surface area contributed by atoms with Crippen LogP contribution in [0.3, 0.4) is 0 Å². The highest BCUT2D eigenvalue weighted by Gasteiger charge is 2.32. The first-order chi connectivity index (χ1) is 15.2. The van der Waals surface area contributed by atoms with Crippen molar-refractivity contribution in [3.8, 4) is 17.6 Å². The zero-order valence-electron chi connectivity index (χ0n) is 17.8. The summed E-state index contributed by atoms with van der Waals surface area (Å²) in [6.45, 7) is 2.92. The Labute approximate surface area is 184 Å². The molecule has 1 fully saturated rings. The van der Waals surface area contributed by atoms with Gasteiger partial charge in [0, 0.05) is 26.7 Å². The summed E-state index contributed by atoms with van der Waals surface area (Å²) >= 11 is 0. The number of hydrogen-bond acceptors (Lipinski definition) is 5. The number of ether oxygens (including phenoxy) is 2. The molecule has 0 bridgehead atoms. The van der Waals surface area contributed by atoms with Gasteiger partial charge < -0.3 is 14.8 Å². The molecule has 2 aromatic carbocycles. The lowest BCUT2D eigenvalue weighted by Gasteiger charge is -2.38. The summed E-state index contributed by atoms with van der Waals surface area (Å²) in [7, 11) is 1.64. The fraction of sp³-hybridized carbons (Fsp3) is 0.391. The number of benzene rings is 2. The number of aryl methyl sites for hydroxylation is 1. The SMILES string of the molecule is CNC(=O)C1CN(Cc2ccc(OCc3ccc(OCC(F)(F)F)c(C#N)c3)cc2C)C1. The van der Waals surface area contributed by atoms with Gasteiger partial charge in [0.05, 0.1) is 11.5 Å². The lowest BCUT2D eigenvalue weighted by atomic mass is 9.97. The van der Waals surface area contributed by atoms with E-state index in [4.69, 9.17) is 9.47 Å².